The lowest BCUT2D eigenvalue weighted by molar-refractivity contribution is 0.412. The molecular formula is C18H18N4O2. The van der Waals surface area contributed by atoms with Gasteiger partial charge in [0.15, 0.2) is 5.65 Å². The number of nitriles is 1. The van der Waals surface area contributed by atoms with Crippen LogP contribution in [0, 0.1) is 18.3 Å². The van der Waals surface area contributed by atoms with Gasteiger partial charge in [0.2, 0.25) is 0 Å². The maximum absolute atomic E-state index is 12.8. The SMILES string of the molecule is COc1ccc(-c2[nH]c3c(C#N)cnn3c(=O)c2C(C)C)cc1C. The third-order valence-corrected chi connectivity index (χ3v) is 4.09. The van der Waals surface area contributed by atoms with Crippen LogP contribution in [-0.4, -0.2) is 21.7 Å². The first kappa shape index (κ1) is 15.8. The fourth-order valence-corrected chi connectivity index (χ4v) is 2.91. The summed E-state index contributed by atoms with van der Waals surface area (Å²) in [6, 6.07) is 7.81. The molecule has 24 heavy (non-hydrogen) atoms. The Hall–Kier alpha value is -3.07. The van der Waals surface area contributed by atoms with Crippen LogP contribution >= 0.6 is 0 Å². The fourth-order valence-electron chi connectivity index (χ4n) is 2.91. The maximum Gasteiger partial charge on any atom is 0.278 e. The number of aryl methyl sites for hydroxylation is 1. The highest BCUT2D eigenvalue weighted by Crippen LogP contribution is 2.29. The molecule has 0 fully saturated rings. The van der Waals surface area contributed by atoms with E-state index >= 15 is 0 Å². The molecule has 0 radical (unpaired) electrons. The van der Waals surface area contributed by atoms with Crippen molar-refractivity contribution >= 4 is 5.65 Å². The van der Waals surface area contributed by atoms with Gasteiger partial charge in [0.25, 0.3) is 5.56 Å². The van der Waals surface area contributed by atoms with Crippen LogP contribution in [0.5, 0.6) is 5.75 Å². The molecule has 3 aromatic rings. The predicted octanol–water partition coefficient (Wildman–Crippen LogP) is 3.00. The van der Waals surface area contributed by atoms with Crippen molar-refractivity contribution in [1.29, 1.82) is 5.26 Å². The van der Waals surface area contributed by atoms with Gasteiger partial charge in [0, 0.05) is 5.56 Å². The average molecular weight is 322 g/mol. The summed E-state index contributed by atoms with van der Waals surface area (Å²) >= 11 is 0. The van der Waals surface area contributed by atoms with Gasteiger partial charge < -0.3 is 9.72 Å². The third-order valence-electron chi connectivity index (χ3n) is 4.09. The minimum Gasteiger partial charge on any atom is -0.496 e. The van der Waals surface area contributed by atoms with Crippen LogP contribution in [0.1, 0.15) is 36.5 Å². The van der Waals surface area contributed by atoms with E-state index in [1.165, 1.54) is 10.7 Å². The number of hydrogen-bond donors (Lipinski definition) is 1. The third kappa shape index (κ3) is 2.35. The lowest BCUT2D eigenvalue weighted by atomic mass is 9.97. The van der Waals surface area contributed by atoms with Crippen LogP contribution in [0.3, 0.4) is 0 Å². The number of benzene rings is 1. The van der Waals surface area contributed by atoms with Crippen LogP contribution < -0.4 is 10.3 Å². The van der Waals surface area contributed by atoms with E-state index in [1.807, 2.05) is 39.0 Å². The summed E-state index contributed by atoms with van der Waals surface area (Å²) in [7, 11) is 1.63. The Morgan fingerprint density at radius 3 is 2.71 bits per heavy atom. The average Bonchev–Trinajstić information content (AvgIpc) is 2.97. The number of aromatic nitrogens is 3. The summed E-state index contributed by atoms with van der Waals surface area (Å²) in [5.41, 5.74) is 3.75. The number of aromatic amines is 1. The van der Waals surface area contributed by atoms with Gasteiger partial charge in [-0.3, -0.25) is 4.79 Å². The number of H-pyrrole nitrogens is 1. The number of nitrogens with one attached hydrogen (secondary N) is 1. The van der Waals surface area contributed by atoms with E-state index in [4.69, 9.17) is 4.74 Å². The molecule has 6 nitrogen and oxygen atoms in total. The molecule has 0 aliphatic rings. The minimum atomic E-state index is -0.205. The van der Waals surface area contributed by atoms with E-state index < -0.39 is 0 Å². The second kappa shape index (κ2) is 5.85. The number of fused-ring (bicyclic) bond motifs is 1. The molecule has 0 atom stereocenters. The number of ether oxygens (including phenoxy) is 1. The van der Waals surface area contributed by atoms with Crippen molar-refractivity contribution in [3.8, 4) is 23.1 Å². The molecule has 2 aromatic heterocycles. The number of rotatable bonds is 3. The van der Waals surface area contributed by atoms with Crippen LogP contribution in [-0.2, 0) is 0 Å². The van der Waals surface area contributed by atoms with Crippen LogP contribution in [0.15, 0.2) is 29.2 Å². The largest absolute Gasteiger partial charge is 0.496 e. The van der Waals surface area contributed by atoms with Crippen molar-refractivity contribution in [3.05, 3.63) is 51.4 Å². The van der Waals surface area contributed by atoms with Gasteiger partial charge in [-0.05, 0) is 42.2 Å². The molecule has 122 valence electrons. The first-order valence-electron chi connectivity index (χ1n) is 7.67. The smallest absolute Gasteiger partial charge is 0.278 e. The first-order valence-corrected chi connectivity index (χ1v) is 7.67. The summed E-state index contributed by atoms with van der Waals surface area (Å²) in [6.45, 7) is 5.88. The van der Waals surface area contributed by atoms with Gasteiger partial charge in [-0.2, -0.15) is 14.9 Å². The van der Waals surface area contributed by atoms with Crippen molar-refractivity contribution in [2.75, 3.05) is 7.11 Å². The molecule has 0 saturated carbocycles. The molecule has 1 N–H and O–H groups in total. The van der Waals surface area contributed by atoms with Crippen molar-refractivity contribution in [3.63, 3.8) is 0 Å². The Bertz CT molecular complexity index is 1020. The van der Waals surface area contributed by atoms with Gasteiger partial charge in [-0.1, -0.05) is 13.8 Å². The quantitative estimate of drug-likeness (QED) is 0.803. The molecule has 0 spiro atoms. The Balaban J connectivity index is 2.37. The lowest BCUT2D eigenvalue weighted by Gasteiger charge is -2.14. The van der Waals surface area contributed by atoms with Gasteiger partial charge in [-0.25, -0.2) is 0 Å². The molecule has 0 saturated heterocycles. The van der Waals surface area contributed by atoms with Gasteiger partial charge in [0.05, 0.1) is 19.0 Å². The second-order valence-corrected chi connectivity index (χ2v) is 5.99. The standard InChI is InChI=1S/C18H18N4O2/c1-10(2)15-16(12-5-6-14(24-4)11(3)7-12)21-17-13(8-19)9-20-22(17)18(15)23/h5-7,9-10,21H,1-4H3. The monoisotopic (exact) mass is 322 g/mol. The van der Waals surface area contributed by atoms with Crippen molar-refractivity contribution in [2.45, 2.75) is 26.7 Å². The highest BCUT2D eigenvalue weighted by atomic mass is 16.5. The van der Waals surface area contributed by atoms with Crippen molar-refractivity contribution in [1.82, 2.24) is 14.6 Å². The molecule has 6 heteroatoms. The fraction of sp³-hybridized carbons (Fsp3) is 0.278. The molecule has 0 aliphatic heterocycles. The highest BCUT2D eigenvalue weighted by Gasteiger charge is 2.19. The molecule has 0 aliphatic carbocycles. The molecule has 3 rings (SSSR count). The van der Waals surface area contributed by atoms with Crippen molar-refractivity contribution in [2.24, 2.45) is 0 Å². The Labute approximate surface area is 139 Å². The van der Waals surface area contributed by atoms with Gasteiger partial charge in [0.1, 0.15) is 17.4 Å². The first-order chi connectivity index (χ1) is 11.5. The van der Waals surface area contributed by atoms with E-state index in [2.05, 4.69) is 16.2 Å². The highest BCUT2D eigenvalue weighted by molar-refractivity contribution is 5.69. The van der Waals surface area contributed by atoms with E-state index in [0.717, 1.165) is 16.9 Å². The Kier molecular flexibility index (Phi) is 3.86. The molecule has 0 amide bonds. The predicted molar refractivity (Wildman–Crippen MR) is 91.3 cm³/mol. The zero-order valence-electron chi connectivity index (χ0n) is 14.0. The van der Waals surface area contributed by atoms with E-state index in [9.17, 15) is 10.1 Å². The van der Waals surface area contributed by atoms with Crippen LogP contribution in [0.4, 0.5) is 0 Å². The summed E-state index contributed by atoms with van der Waals surface area (Å²) in [5.74, 6) is 0.792. The zero-order chi connectivity index (χ0) is 17.4. The zero-order valence-corrected chi connectivity index (χ0v) is 14.0. The van der Waals surface area contributed by atoms with E-state index in [1.54, 1.807) is 7.11 Å². The maximum atomic E-state index is 12.8. The Morgan fingerprint density at radius 2 is 2.12 bits per heavy atom. The normalized spacial score (nSPS) is 11.0. The summed E-state index contributed by atoms with van der Waals surface area (Å²) < 4.78 is 6.56. The summed E-state index contributed by atoms with van der Waals surface area (Å²) in [4.78, 5) is 16.1. The number of hydrogen-bond acceptors (Lipinski definition) is 4. The molecule has 0 bridgehead atoms. The van der Waals surface area contributed by atoms with Crippen molar-refractivity contribution < 1.29 is 4.74 Å². The van der Waals surface area contributed by atoms with Gasteiger partial charge in [-0.15, -0.1) is 0 Å². The second-order valence-electron chi connectivity index (χ2n) is 5.99. The lowest BCUT2D eigenvalue weighted by Crippen LogP contribution is -2.22. The van der Waals surface area contributed by atoms with Crippen LogP contribution in [0.2, 0.25) is 0 Å². The number of methoxy groups -OCH3 is 1. The molecule has 2 heterocycles. The molecule has 0 unspecified atom stereocenters. The Morgan fingerprint density at radius 1 is 1.38 bits per heavy atom. The van der Waals surface area contributed by atoms with Gasteiger partial charge >= 0.3 is 0 Å². The summed E-state index contributed by atoms with van der Waals surface area (Å²) in [5, 5.41) is 13.3. The minimum absolute atomic E-state index is 0.00490. The van der Waals surface area contributed by atoms with E-state index in [0.29, 0.717) is 22.5 Å². The topological polar surface area (TPSA) is 83.2 Å². The van der Waals surface area contributed by atoms with Crippen LogP contribution in [0.25, 0.3) is 16.9 Å². The van der Waals surface area contributed by atoms with E-state index in [-0.39, 0.29) is 11.5 Å². The molecule has 1 aromatic carbocycles. The summed E-state index contributed by atoms with van der Waals surface area (Å²) in [6.07, 6.45) is 1.40. The molecular weight excluding hydrogens is 304 g/mol. The number of nitrogens with zero attached hydrogens (tertiary/aromatic N) is 3.